The number of aliphatic carboxylic acids is 1. The molecule has 0 saturated heterocycles. The van der Waals surface area contributed by atoms with Gasteiger partial charge in [-0.05, 0) is 35.0 Å². The Bertz CT molecular complexity index is 674. The van der Waals surface area contributed by atoms with Crippen molar-refractivity contribution in [2.45, 2.75) is 12.8 Å². The number of benzene rings is 1. The molecule has 0 unspecified atom stereocenters. The summed E-state index contributed by atoms with van der Waals surface area (Å²) in [6.07, 6.45) is 1.76. The van der Waals surface area contributed by atoms with Crippen LogP contribution in [0.5, 0.6) is 0 Å². The van der Waals surface area contributed by atoms with Crippen molar-refractivity contribution in [3.05, 3.63) is 35.1 Å². The average Bonchev–Trinajstić information content (AvgIpc) is 3.00. The summed E-state index contributed by atoms with van der Waals surface area (Å²) in [4.78, 5) is 24.5. The van der Waals surface area contributed by atoms with Crippen LogP contribution in [-0.4, -0.2) is 55.7 Å². The Kier molecular flexibility index (Phi) is 5.05. The summed E-state index contributed by atoms with van der Waals surface area (Å²) < 4.78 is 1.37. The minimum absolute atomic E-state index is 0.00696. The van der Waals surface area contributed by atoms with E-state index in [1.54, 1.807) is 19.2 Å². The summed E-state index contributed by atoms with van der Waals surface area (Å²) in [6, 6.07) is 4.82. The zero-order valence-corrected chi connectivity index (χ0v) is 12.6. The molecule has 1 heterocycles. The van der Waals surface area contributed by atoms with Gasteiger partial charge in [0.15, 0.2) is 0 Å². The number of aromatic nitrogens is 4. The van der Waals surface area contributed by atoms with Crippen molar-refractivity contribution in [3.8, 4) is 5.69 Å². The third-order valence-electron chi connectivity index (χ3n) is 3.02. The van der Waals surface area contributed by atoms with E-state index in [1.807, 2.05) is 0 Å². The van der Waals surface area contributed by atoms with Crippen LogP contribution in [0.15, 0.2) is 24.5 Å². The van der Waals surface area contributed by atoms with Crippen LogP contribution >= 0.6 is 11.6 Å². The Labute approximate surface area is 131 Å². The van der Waals surface area contributed by atoms with Gasteiger partial charge in [0, 0.05) is 25.0 Å². The van der Waals surface area contributed by atoms with E-state index in [1.165, 1.54) is 22.0 Å². The zero-order chi connectivity index (χ0) is 16.1. The molecule has 0 aliphatic rings. The molecule has 0 aliphatic heterocycles. The van der Waals surface area contributed by atoms with Gasteiger partial charge in [-0.25, -0.2) is 0 Å². The molecule has 1 N–H and O–H groups in total. The van der Waals surface area contributed by atoms with Crippen LogP contribution in [0.2, 0.25) is 5.02 Å². The SMILES string of the molecule is CN(CCCC(=O)O)C(=O)c1cc(Cl)ccc1-n1cnnn1. The van der Waals surface area contributed by atoms with Gasteiger partial charge in [-0.2, -0.15) is 4.68 Å². The van der Waals surface area contributed by atoms with Crippen molar-refractivity contribution in [3.63, 3.8) is 0 Å². The standard InChI is InChI=1S/C13H14ClN5O3/c1-18(6-2-3-12(20)21)13(22)10-7-9(14)4-5-11(10)19-8-15-16-17-19/h4-5,7-8H,2-3,6H2,1H3,(H,20,21). The molecule has 9 heteroatoms. The smallest absolute Gasteiger partial charge is 0.303 e. The maximum atomic E-state index is 12.5. The molecule has 2 aromatic rings. The summed E-state index contributed by atoms with van der Waals surface area (Å²) in [6.45, 7) is 0.326. The number of tetrazole rings is 1. The highest BCUT2D eigenvalue weighted by Gasteiger charge is 2.18. The molecule has 22 heavy (non-hydrogen) atoms. The molecular weight excluding hydrogens is 310 g/mol. The fourth-order valence-corrected chi connectivity index (χ4v) is 2.10. The number of hydrogen-bond donors (Lipinski definition) is 1. The van der Waals surface area contributed by atoms with Crippen molar-refractivity contribution in [2.24, 2.45) is 0 Å². The first-order chi connectivity index (χ1) is 10.5. The number of carboxylic acids is 1. The van der Waals surface area contributed by atoms with Gasteiger partial charge in [0.1, 0.15) is 6.33 Å². The monoisotopic (exact) mass is 323 g/mol. The predicted molar refractivity (Wildman–Crippen MR) is 78.0 cm³/mol. The Balaban J connectivity index is 2.21. The summed E-state index contributed by atoms with van der Waals surface area (Å²) >= 11 is 5.96. The number of hydrogen-bond acceptors (Lipinski definition) is 5. The van der Waals surface area contributed by atoms with Crippen LogP contribution < -0.4 is 0 Å². The topological polar surface area (TPSA) is 101 Å². The predicted octanol–water partition coefficient (Wildman–Crippen LogP) is 1.25. The molecule has 0 fully saturated rings. The number of carbonyl (C=O) groups is 2. The maximum Gasteiger partial charge on any atom is 0.303 e. The lowest BCUT2D eigenvalue weighted by molar-refractivity contribution is -0.137. The van der Waals surface area contributed by atoms with Crippen LogP contribution in [0.1, 0.15) is 23.2 Å². The van der Waals surface area contributed by atoms with Gasteiger partial charge in [-0.1, -0.05) is 11.6 Å². The summed E-state index contributed by atoms with van der Waals surface area (Å²) in [5.74, 6) is -1.17. The lowest BCUT2D eigenvalue weighted by atomic mass is 10.1. The third kappa shape index (κ3) is 3.79. The molecular formula is C13H14ClN5O3. The molecule has 1 aromatic carbocycles. The van der Waals surface area contributed by atoms with Crippen molar-refractivity contribution < 1.29 is 14.7 Å². The molecule has 0 radical (unpaired) electrons. The minimum Gasteiger partial charge on any atom is -0.481 e. The first-order valence-electron chi connectivity index (χ1n) is 6.49. The van der Waals surface area contributed by atoms with E-state index < -0.39 is 5.97 Å². The van der Waals surface area contributed by atoms with Crippen molar-refractivity contribution in [1.29, 1.82) is 0 Å². The molecule has 2 rings (SSSR count). The Morgan fingerprint density at radius 2 is 2.18 bits per heavy atom. The van der Waals surface area contributed by atoms with E-state index in [4.69, 9.17) is 16.7 Å². The third-order valence-corrected chi connectivity index (χ3v) is 3.25. The van der Waals surface area contributed by atoms with E-state index in [0.29, 0.717) is 29.2 Å². The Morgan fingerprint density at radius 1 is 1.41 bits per heavy atom. The largest absolute Gasteiger partial charge is 0.481 e. The van der Waals surface area contributed by atoms with Gasteiger partial charge in [-0.15, -0.1) is 5.10 Å². The molecule has 0 spiro atoms. The number of carboxylic acid groups (broad SMARTS) is 1. The van der Waals surface area contributed by atoms with E-state index in [2.05, 4.69) is 15.5 Å². The molecule has 1 amide bonds. The van der Waals surface area contributed by atoms with Crippen molar-refractivity contribution in [1.82, 2.24) is 25.1 Å². The fraction of sp³-hybridized carbons (Fsp3) is 0.308. The van der Waals surface area contributed by atoms with Crippen LogP contribution in [0.3, 0.4) is 0 Å². The number of rotatable bonds is 6. The van der Waals surface area contributed by atoms with Gasteiger partial charge in [-0.3, -0.25) is 9.59 Å². The molecule has 0 aliphatic carbocycles. The maximum absolute atomic E-state index is 12.5. The second-order valence-corrected chi connectivity index (χ2v) is 5.08. The molecule has 0 atom stereocenters. The van der Waals surface area contributed by atoms with E-state index in [9.17, 15) is 9.59 Å². The lowest BCUT2D eigenvalue weighted by Gasteiger charge is -2.18. The number of amides is 1. The highest BCUT2D eigenvalue weighted by atomic mass is 35.5. The summed E-state index contributed by atoms with van der Waals surface area (Å²) in [5.41, 5.74) is 0.849. The second-order valence-electron chi connectivity index (χ2n) is 4.64. The number of halogens is 1. The first kappa shape index (κ1) is 15.9. The highest BCUT2D eigenvalue weighted by Crippen LogP contribution is 2.20. The number of nitrogens with zero attached hydrogens (tertiary/aromatic N) is 5. The van der Waals surface area contributed by atoms with Crippen LogP contribution in [0, 0.1) is 0 Å². The van der Waals surface area contributed by atoms with Crippen LogP contribution in [0.4, 0.5) is 0 Å². The van der Waals surface area contributed by atoms with Gasteiger partial charge < -0.3 is 10.0 Å². The van der Waals surface area contributed by atoms with E-state index >= 15 is 0 Å². The minimum atomic E-state index is -0.891. The molecule has 0 saturated carbocycles. The van der Waals surface area contributed by atoms with Crippen molar-refractivity contribution >= 4 is 23.5 Å². The Morgan fingerprint density at radius 3 is 2.82 bits per heavy atom. The van der Waals surface area contributed by atoms with Gasteiger partial charge in [0.2, 0.25) is 0 Å². The quantitative estimate of drug-likeness (QED) is 0.858. The van der Waals surface area contributed by atoms with Crippen molar-refractivity contribution in [2.75, 3.05) is 13.6 Å². The molecule has 116 valence electrons. The van der Waals surface area contributed by atoms with Crippen LogP contribution in [-0.2, 0) is 4.79 Å². The lowest BCUT2D eigenvalue weighted by Crippen LogP contribution is -2.29. The zero-order valence-electron chi connectivity index (χ0n) is 11.8. The second kappa shape index (κ2) is 6.99. The molecule has 1 aromatic heterocycles. The normalized spacial score (nSPS) is 10.5. The Hall–Kier alpha value is -2.48. The van der Waals surface area contributed by atoms with Gasteiger partial charge >= 0.3 is 5.97 Å². The summed E-state index contributed by atoms with van der Waals surface area (Å²) in [5, 5.41) is 19.9. The average molecular weight is 324 g/mol. The molecule has 8 nitrogen and oxygen atoms in total. The fourth-order valence-electron chi connectivity index (χ4n) is 1.93. The van der Waals surface area contributed by atoms with E-state index in [-0.39, 0.29) is 12.3 Å². The molecule has 0 bridgehead atoms. The first-order valence-corrected chi connectivity index (χ1v) is 6.87. The number of carbonyl (C=O) groups excluding carboxylic acids is 1. The highest BCUT2D eigenvalue weighted by molar-refractivity contribution is 6.31. The van der Waals surface area contributed by atoms with Crippen LogP contribution in [0.25, 0.3) is 5.69 Å². The summed E-state index contributed by atoms with van der Waals surface area (Å²) in [7, 11) is 1.61. The van der Waals surface area contributed by atoms with Gasteiger partial charge in [0.25, 0.3) is 5.91 Å². The van der Waals surface area contributed by atoms with E-state index in [0.717, 1.165) is 0 Å². The van der Waals surface area contributed by atoms with Gasteiger partial charge in [0.05, 0.1) is 11.3 Å².